The number of nitrogens with zero attached hydrogens (tertiary/aromatic N) is 2. The predicted molar refractivity (Wildman–Crippen MR) is 93.6 cm³/mol. The molecule has 2 aliphatic rings. The molecule has 1 unspecified atom stereocenters. The lowest BCUT2D eigenvalue weighted by Crippen LogP contribution is -2.54. The quantitative estimate of drug-likeness (QED) is 0.868. The monoisotopic (exact) mass is 369 g/mol. The molecule has 8 heteroatoms. The topological polar surface area (TPSA) is 69.7 Å². The Morgan fingerprint density at radius 2 is 2.00 bits per heavy atom. The molecule has 0 aromatic heterocycles. The fourth-order valence-corrected chi connectivity index (χ4v) is 5.15. The van der Waals surface area contributed by atoms with Crippen LogP contribution in [0.15, 0.2) is 18.2 Å². The second-order valence-electron chi connectivity index (χ2n) is 6.82. The van der Waals surface area contributed by atoms with Crippen molar-refractivity contribution in [2.24, 2.45) is 0 Å². The van der Waals surface area contributed by atoms with Crippen molar-refractivity contribution in [3.63, 3.8) is 0 Å². The third kappa shape index (κ3) is 4.49. The third-order valence-corrected chi connectivity index (χ3v) is 6.76. The fourth-order valence-electron chi connectivity index (χ4n) is 3.39. The summed E-state index contributed by atoms with van der Waals surface area (Å²) in [4.78, 5) is 16.2. The van der Waals surface area contributed by atoms with E-state index in [0.717, 1.165) is 5.56 Å². The molecule has 1 aromatic carbocycles. The lowest BCUT2D eigenvalue weighted by Gasteiger charge is -2.37. The summed E-state index contributed by atoms with van der Waals surface area (Å²) < 4.78 is 36.7. The average molecular weight is 369 g/mol. The molecule has 1 atom stereocenters. The van der Waals surface area contributed by atoms with Gasteiger partial charge in [0.1, 0.15) is 5.82 Å². The van der Waals surface area contributed by atoms with Crippen LogP contribution in [0.2, 0.25) is 0 Å². The molecule has 2 amide bonds. The SMILES string of the molecule is Cc1ccc(CNC(=O)N2CCN(C3CCS(=O)(=O)C3)CC2)cc1F. The Morgan fingerprint density at radius 1 is 1.28 bits per heavy atom. The van der Waals surface area contributed by atoms with E-state index in [0.29, 0.717) is 38.2 Å². The van der Waals surface area contributed by atoms with Crippen molar-refractivity contribution in [2.45, 2.75) is 25.9 Å². The molecule has 1 N–H and O–H groups in total. The fraction of sp³-hybridized carbons (Fsp3) is 0.588. The van der Waals surface area contributed by atoms with Crippen LogP contribution in [-0.4, -0.2) is 68.0 Å². The summed E-state index contributed by atoms with van der Waals surface area (Å²) >= 11 is 0. The van der Waals surface area contributed by atoms with Gasteiger partial charge in [-0.3, -0.25) is 4.90 Å². The van der Waals surface area contributed by atoms with E-state index < -0.39 is 9.84 Å². The number of carbonyl (C=O) groups excluding carboxylic acids is 1. The number of piperazine rings is 1. The van der Waals surface area contributed by atoms with E-state index in [1.54, 1.807) is 24.0 Å². The van der Waals surface area contributed by atoms with E-state index in [1.165, 1.54) is 6.07 Å². The van der Waals surface area contributed by atoms with Gasteiger partial charge in [0.05, 0.1) is 11.5 Å². The van der Waals surface area contributed by atoms with Gasteiger partial charge < -0.3 is 10.2 Å². The largest absolute Gasteiger partial charge is 0.334 e. The van der Waals surface area contributed by atoms with Crippen molar-refractivity contribution in [2.75, 3.05) is 37.7 Å². The van der Waals surface area contributed by atoms with Gasteiger partial charge in [0.25, 0.3) is 0 Å². The Morgan fingerprint density at radius 3 is 2.60 bits per heavy atom. The minimum Gasteiger partial charge on any atom is -0.334 e. The third-order valence-electron chi connectivity index (χ3n) is 5.01. The van der Waals surface area contributed by atoms with Gasteiger partial charge in [-0.2, -0.15) is 0 Å². The summed E-state index contributed by atoms with van der Waals surface area (Å²) in [5.74, 6) is 0.232. The molecule has 2 heterocycles. The number of benzene rings is 1. The van der Waals surface area contributed by atoms with Crippen LogP contribution in [0.5, 0.6) is 0 Å². The highest BCUT2D eigenvalue weighted by Crippen LogP contribution is 2.19. The first kappa shape index (κ1) is 18.1. The number of hydrogen-bond acceptors (Lipinski definition) is 4. The maximum absolute atomic E-state index is 13.5. The minimum atomic E-state index is -2.89. The number of carbonyl (C=O) groups is 1. The Balaban J connectivity index is 1.46. The number of rotatable bonds is 3. The highest BCUT2D eigenvalue weighted by Gasteiger charge is 2.34. The average Bonchev–Trinajstić information content (AvgIpc) is 2.96. The molecule has 0 aliphatic carbocycles. The van der Waals surface area contributed by atoms with Gasteiger partial charge in [0.2, 0.25) is 0 Å². The van der Waals surface area contributed by atoms with Crippen LogP contribution in [0.4, 0.5) is 9.18 Å². The van der Waals surface area contributed by atoms with Gasteiger partial charge in [-0.25, -0.2) is 17.6 Å². The zero-order valence-electron chi connectivity index (χ0n) is 14.4. The zero-order chi connectivity index (χ0) is 18.0. The predicted octanol–water partition coefficient (Wildman–Crippen LogP) is 1.15. The summed E-state index contributed by atoms with van der Waals surface area (Å²) in [5.41, 5.74) is 1.31. The molecule has 0 saturated carbocycles. The zero-order valence-corrected chi connectivity index (χ0v) is 15.2. The Bertz CT molecular complexity index is 746. The Hall–Kier alpha value is -1.67. The van der Waals surface area contributed by atoms with Crippen LogP contribution in [0.3, 0.4) is 0 Å². The van der Waals surface area contributed by atoms with Crippen LogP contribution in [0.1, 0.15) is 17.5 Å². The number of nitrogens with one attached hydrogen (secondary N) is 1. The Labute approximate surface area is 147 Å². The van der Waals surface area contributed by atoms with E-state index in [1.807, 2.05) is 0 Å². The van der Waals surface area contributed by atoms with Crippen molar-refractivity contribution in [1.29, 1.82) is 0 Å². The number of amides is 2. The maximum atomic E-state index is 13.5. The number of sulfone groups is 1. The lowest BCUT2D eigenvalue weighted by atomic mass is 10.1. The smallest absolute Gasteiger partial charge is 0.317 e. The van der Waals surface area contributed by atoms with Gasteiger partial charge in [0.15, 0.2) is 9.84 Å². The Kier molecular flexibility index (Phi) is 5.29. The lowest BCUT2D eigenvalue weighted by molar-refractivity contribution is 0.115. The van der Waals surface area contributed by atoms with Gasteiger partial charge in [-0.05, 0) is 30.5 Å². The van der Waals surface area contributed by atoms with Gasteiger partial charge in [-0.15, -0.1) is 0 Å². The molecule has 138 valence electrons. The van der Waals surface area contributed by atoms with Crippen LogP contribution < -0.4 is 5.32 Å². The summed E-state index contributed by atoms with van der Waals surface area (Å²) in [7, 11) is -2.89. The molecule has 1 aromatic rings. The van der Waals surface area contributed by atoms with Crippen LogP contribution in [0.25, 0.3) is 0 Å². The normalized spacial score (nSPS) is 23.6. The molecule has 3 rings (SSSR count). The molecule has 2 fully saturated rings. The highest BCUT2D eigenvalue weighted by atomic mass is 32.2. The molecule has 0 spiro atoms. The van der Waals surface area contributed by atoms with Crippen molar-refractivity contribution in [3.05, 3.63) is 35.1 Å². The standard InChI is InChI=1S/C17H24FN3O3S/c1-13-2-3-14(10-16(13)18)11-19-17(22)21-7-5-20(6-8-21)15-4-9-25(23,24)12-15/h2-3,10,15H,4-9,11-12H2,1H3,(H,19,22). The highest BCUT2D eigenvalue weighted by molar-refractivity contribution is 7.91. The number of urea groups is 1. The van der Waals surface area contributed by atoms with E-state index in [9.17, 15) is 17.6 Å². The first-order valence-corrected chi connectivity index (χ1v) is 10.4. The molecular formula is C17H24FN3O3S. The first-order chi connectivity index (χ1) is 11.8. The van der Waals surface area contributed by atoms with Gasteiger partial charge in [0, 0.05) is 38.8 Å². The van der Waals surface area contributed by atoms with Crippen molar-refractivity contribution >= 4 is 15.9 Å². The van der Waals surface area contributed by atoms with Crippen molar-refractivity contribution in [1.82, 2.24) is 15.1 Å². The van der Waals surface area contributed by atoms with E-state index in [-0.39, 0.29) is 35.9 Å². The van der Waals surface area contributed by atoms with Gasteiger partial charge >= 0.3 is 6.03 Å². The van der Waals surface area contributed by atoms with Crippen LogP contribution in [0, 0.1) is 12.7 Å². The minimum absolute atomic E-state index is 0.0887. The molecule has 25 heavy (non-hydrogen) atoms. The van der Waals surface area contributed by atoms with E-state index in [2.05, 4.69) is 10.2 Å². The number of halogens is 1. The summed E-state index contributed by atoms with van der Waals surface area (Å²) in [6, 6.07) is 4.86. The molecule has 2 saturated heterocycles. The summed E-state index contributed by atoms with van der Waals surface area (Å²) in [6.45, 7) is 4.51. The van der Waals surface area contributed by atoms with Crippen molar-refractivity contribution in [3.8, 4) is 0 Å². The number of hydrogen-bond donors (Lipinski definition) is 1. The summed E-state index contributed by atoms with van der Waals surface area (Å²) in [5, 5.41) is 2.82. The van der Waals surface area contributed by atoms with E-state index in [4.69, 9.17) is 0 Å². The molecular weight excluding hydrogens is 345 g/mol. The second kappa shape index (κ2) is 7.29. The van der Waals surface area contributed by atoms with Crippen LogP contribution >= 0.6 is 0 Å². The summed E-state index contributed by atoms with van der Waals surface area (Å²) in [6.07, 6.45) is 0.688. The first-order valence-electron chi connectivity index (χ1n) is 8.56. The molecule has 6 nitrogen and oxygen atoms in total. The maximum Gasteiger partial charge on any atom is 0.317 e. The second-order valence-corrected chi connectivity index (χ2v) is 9.05. The number of aryl methyl sites for hydroxylation is 1. The molecule has 2 aliphatic heterocycles. The van der Waals surface area contributed by atoms with Crippen molar-refractivity contribution < 1.29 is 17.6 Å². The van der Waals surface area contributed by atoms with E-state index >= 15 is 0 Å². The van der Waals surface area contributed by atoms with Crippen LogP contribution in [-0.2, 0) is 16.4 Å². The molecule has 0 radical (unpaired) electrons. The molecule has 0 bridgehead atoms. The van der Waals surface area contributed by atoms with Gasteiger partial charge in [-0.1, -0.05) is 12.1 Å².